The lowest BCUT2D eigenvalue weighted by atomic mass is 10.3. The van der Waals surface area contributed by atoms with Gasteiger partial charge in [-0.15, -0.1) is 0 Å². The number of aliphatic hydroxyl groups is 3. The lowest BCUT2D eigenvalue weighted by molar-refractivity contribution is -0.240. The van der Waals surface area contributed by atoms with Crippen molar-refractivity contribution in [3.8, 4) is 0 Å². The van der Waals surface area contributed by atoms with Gasteiger partial charge in [0.25, 0.3) is 0 Å². The third-order valence-corrected chi connectivity index (χ3v) is 3.16. The second-order valence-electron chi connectivity index (χ2n) is 4.95. The van der Waals surface area contributed by atoms with Crippen LogP contribution in [-0.4, -0.2) is 64.4 Å². The fourth-order valence-electron chi connectivity index (χ4n) is 1.86. The molecule has 0 aromatic carbocycles. The van der Waals surface area contributed by atoms with Gasteiger partial charge >= 0.3 is 6.03 Å². The summed E-state index contributed by atoms with van der Waals surface area (Å²) in [6.07, 6.45) is -2.12. The van der Waals surface area contributed by atoms with E-state index in [0.29, 0.717) is 18.1 Å². The number of unbranched alkanes of at least 4 members (excludes halogenated alkanes) is 2. The number of rotatable bonds is 10. The predicted molar refractivity (Wildman–Crippen MR) is 73.9 cm³/mol. The summed E-state index contributed by atoms with van der Waals surface area (Å²) >= 11 is 0. The minimum Gasteiger partial charge on any atom is -0.369 e. The number of hydrogen-bond acceptors (Lipinski definition) is 6. The third kappa shape index (κ3) is 5.08. The van der Waals surface area contributed by atoms with Crippen molar-refractivity contribution in [2.75, 3.05) is 13.2 Å². The summed E-state index contributed by atoms with van der Waals surface area (Å²) in [7, 11) is 0. The van der Waals surface area contributed by atoms with Gasteiger partial charge in [-0.25, -0.2) is 4.79 Å². The second kappa shape index (κ2) is 9.16. The normalized spacial score (nSPS) is 23.7. The average molecular weight is 306 g/mol. The van der Waals surface area contributed by atoms with Crippen molar-refractivity contribution in [1.82, 2.24) is 10.2 Å². The number of amides is 2. The zero-order chi connectivity index (χ0) is 15.8. The molecule has 8 nitrogen and oxygen atoms in total. The summed E-state index contributed by atoms with van der Waals surface area (Å²) in [5, 5.41) is 31.4. The van der Waals surface area contributed by atoms with Crippen LogP contribution in [0.3, 0.4) is 0 Å². The van der Waals surface area contributed by atoms with Crippen LogP contribution < -0.4 is 5.32 Å². The number of carbonyl (C=O) groups is 1. The molecular formula is C13H26N2O6. The van der Waals surface area contributed by atoms with Gasteiger partial charge in [-0.05, 0) is 12.8 Å². The summed E-state index contributed by atoms with van der Waals surface area (Å²) in [6, 6.07) is -0.773. The fourth-order valence-corrected chi connectivity index (χ4v) is 1.86. The maximum absolute atomic E-state index is 11.6. The molecular weight excluding hydrogens is 280 g/mol. The molecule has 21 heavy (non-hydrogen) atoms. The Balaban J connectivity index is 2.63. The van der Waals surface area contributed by atoms with Gasteiger partial charge in [-0.2, -0.15) is 0 Å². The number of carbonyl (C=O) groups excluding carboxylic acids is 1. The molecule has 1 rings (SSSR count). The molecule has 1 fully saturated rings. The van der Waals surface area contributed by atoms with E-state index in [0.717, 1.165) is 25.7 Å². The molecule has 1 aliphatic rings. The highest BCUT2D eigenvalue weighted by Gasteiger charge is 2.44. The van der Waals surface area contributed by atoms with Crippen LogP contribution in [0.15, 0.2) is 0 Å². The largest absolute Gasteiger partial charge is 0.369 e. The van der Waals surface area contributed by atoms with Crippen LogP contribution in [0.2, 0.25) is 0 Å². The number of nitrogens with zero attached hydrogens (tertiary/aromatic N) is 1. The lowest BCUT2D eigenvalue weighted by Crippen LogP contribution is -2.51. The van der Waals surface area contributed by atoms with Gasteiger partial charge in [0.2, 0.25) is 6.29 Å². The Kier molecular flexibility index (Phi) is 7.91. The predicted octanol–water partition coefficient (Wildman–Crippen LogP) is -0.0737. The van der Waals surface area contributed by atoms with Gasteiger partial charge in [0.15, 0.2) is 18.7 Å². The first kappa shape index (κ1) is 18.1. The number of nitrogens with one attached hydrogen (secondary N) is 1. The van der Waals surface area contributed by atoms with Gasteiger partial charge in [0.1, 0.15) is 0 Å². The molecule has 8 heteroatoms. The SMILES string of the molecule is CCCCOC(OCCCC)C(O)N1C(=O)NC(O)C1O. The van der Waals surface area contributed by atoms with Crippen molar-refractivity contribution < 1.29 is 29.6 Å². The minimum absolute atomic E-state index is 0.373. The van der Waals surface area contributed by atoms with E-state index in [1.807, 2.05) is 13.8 Å². The van der Waals surface area contributed by atoms with Gasteiger partial charge in [0.05, 0.1) is 0 Å². The Morgan fingerprint density at radius 3 is 2.10 bits per heavy atom. The number of ether oxygens (including phenoxy) is 2. The molecule has 3 atom stereocenters. The highest BCUT2D eigenvalue weighted by molar-refractivity contribution is 5.77. The van der Waals surface area contributed by atoms with Gasteiger partial charge < -0.3 is 30.1 Å². The molecule has 0 aliphatic carbocycles. The quantitative estimate of drug-likeness (QED) is 0.332. The van der Waals surface area contributed by atoms with Crippen molar-refractivity contribution in [3.05, 3.63) is 0 Å². The van der Waals surface area contributed by atoms with Crippen LogP contribution in [0.5, 0.6) is 0 Å². The molecule has 1 saturated heterocycles. The summed E-state index contributed by atoms with van der Waals surface area (Å²) in [6.45, 7) is 4.75. The zero-order valence-electron chi connectivity index (χ0n) is 12.6. The van der Waals surface area contributed by atoms with E-state index >= 15 is 0 Å². The van der Waals surface area contributed by atoms with E-state index in [-0.39, 0.29) is 0 Å². The average Bonchev–Trinajstić information content (AvgIpc) is 2.70. The Morgan fingerprint density at radius 1 is 1.19 bits per heavy atom. The topological polar surface area (TPSA) is 111 Å². The van der Waals surface area contributed by atoms with Crippen LogP contribution in [-0.2, 0) is 9.47 Å². The van der Waals surface area contributed by atoms with E-state index in [2.05, 4.69) is 5.32 Å². The van der Waals surface area contributed by atoms with Crippen LogP contribution in [0, 0.1) is 0 Å². The summed E-state index contributed by atoms with van der Waals surface area (Å²) in [5.74, 6) is 0. The molecule has 0 aromatic rings. The third-order valence-electron chi connectivity index (χ3n) is 3.16. The monoisotopic (exact) mass is 306 g/mol. The molecule has 0 aromatic heterocycles. The number of urea groups is 1. The molecule has 0 spiro atoms. The molecule has 1 aliphatic heterocycles. The van der Waals surface area contributed by atoms with Crippen LogP contribution in [0.25, 0.3) is 0 Å². The summed E-state index contributed by atoms with van der Waals surface area (Å²) in [5.41, 5.74) is 0. The maximum atomic E-state index is 11.6. The Morgan fingerprint density at radius 2 is 1.71 bits per heavy atom. The molecule has 124 valence electrons. The molecule has 0 bridgehead atoms. The van der Waals surface area contributed by atoms with Crippen molar-refractivity contribution in [1.29, 1.82) is 0 Å². The first-order valence-electron chi connectivity index (χ1n) is 7.39. The van der Waals surface area contributed by atoms with E-state index in [4.69, 9.17) is 9.47 Å². The number of aliphatic hydroxyl groups excluding tert-OH is 3. The molecule has 4 N–H and O–H groups in total. The van der Waals surface area contributed by atoms with Crippen molar-refractivity contribution in [2.24, 2.45) is 0 Å². The fraction of sp³-hybridized carbons (Fsp3) is 0.923. The Labute approximate surface area is 124 Å². The summed E-state index contributed by atoms with van der Waals surface area (Å²) in [4.78, 5) is 12.3. The van der Waals surface area contributed by atoms with Gasteiger partial charge in [-0.1, -0.05) is 26.7 Å². The van der Waals surface area contributed by atoms with Crippen LogP contribution in [0.4, 0.5) is 4.79 Å². The highest BCUT2D eigenvalue weighted by Crippen LogP contribution is 2.17. The van der Waals surface area contributed by atoms with Crippen LogP contribution in [0.1, 0.15) is 39.5 Å². The van der Waals surface area contributed by atoms with E-state index in [9.17, 15) is 20.1 Å². The first-order chi connectivity index (χ1) is 10.0. The Hall–Kier alpha value is -0.930. The molecule has 0 saturated carbocycles. The zero-order valence-corrected chi connectivity index (χ0v) is 12.6. The lowest BCUT2D eigenvalue weighted by Gasteiger charge is -2.31. The van der Waals surface area contributed by atoms with Gasteiger partial charge in [-0.3, -0.25) is 4.90 Å². The second-order valence-corrected chi connectivity index (χ2v) is 4.95. The van der Waals surface area contributed by atoms with E-state index in [1.54, 1.807) is 0 Å². The minimum atomic E-state index is -1.54. The van der Waals surface area contributed by atoms with Crippen molar-refractivity contribution in [2.45, 2.75) is 64.5 Å². The molecule has 3 unspecified atom stereocenters. The molecule has 2 amide bonds. The standard InChI is InChI=1S/C13H26N2O6/c1-3-5-7-20-12(21-8-6-4-2)11(18)15-10(17)9(16)14-13(15)19/h9-12,16-18H,3-8H2,1-2H3,(H,14,19). The van der Waals surface area contributed by atoms with Crippen molar-refractivity contribution >= 4 is 6.03 Å². The summed E-state index contributed by atoms with van der Waals surface area (Å²) < 4.78 is 10.9. The first-order valence-corrected chi connectivity index (χ1v) is 7.39. The van der Waals surface area contributed by atoms with Crippen molar-refractivity contribution in [3.63, 3.8) is 0 Å². The van der Waals surface area contributed by atoms with E-state index in [1.165, 1.54) is 0 Å². The molecule has 0 radical (unpaired) electrons. The maximum Gasteiger partial charge on any atom is 0.323 e. The molecule has 1 heterocycles. The highest BCUT2D eigenvalue weighted by atomic mass is 16.7. The number of hydrogen-bond donors (Lipinski definition) is 4. The Bertz CT molecular complexity index is 307. The van der Waals surface area contributed by atoms with E-state index < -0.39 is 31.0 Å². The smallest absolute Gasteiger partial charge is 0.323 e. The van der Waals surface area contributed by atoms with Crippen LogP contribution >= 0.6 is 0 Å². The van der Waals surface area contributed by atoms with Gasteiger partial charge in [0, 0.05) is 13.2 Å².